The Labute approximate surface area is 196 Å². The lowest BCUT2D eigenvalue weighted by Gasteiger charge is -2.30. The Morgan fingerprint density at radius 1 is 1.09 bits per heavy atom. The first-order valence-electron chi connectivity index (χ1n) is 11.0. The van der Waals surface area contributed by atoms with Crippen LogP contribution < -0.4 is 16.2 Å². The van der Waals surface area contributed by atoms with Gasteiger partial charge in [-0.05, 0) is 37.8 Å². The van der Waals surface area contributed by atoms with Crippen LogP contribution in [0.2, 0.25) is 0 Å². The number of nitrogens with zero attached hydrogens (tertiary/aromatic N) is 3. The summed E-state index contributed by atoms with van der Waals surface area (Å²) in [4.78, 5) is 34.6. The predicted molar refractivity (Wildman–Crippen MR) is 121 cm³/mol. The average molecular weight is 483 g/mol. The largest absolute Gasteiger partial charge is 0.365 e. The van der Waals surface area contributed by atoms with Crippen molar-refractivity contribution in [2.75, 3.05) is 5.32 Å². The fourth-order valence-corrected chi connectivity index (χ4v) is 4.31. The SMILES string of the molecule is O=C(N[C@@H]1CCC[C@H](Nc2nc(-c3c[nH]c4c(F)cc(F)cc34)ncc2F)C1)c1ccc(=O)[nH]n1. The molecule has 1 fully saturated rings. The molecule has 0 saturated heterocycles. The van der Waals surface area contributed by atoms with E-state index in [1.54, 1.807) is 0 Å². The first-order chi connectivity index (χ1) is 16.9. The highest BCUT2D eigenvalue weighted by molar-refractivity contribution is 5.94. The molecule has 35 heavy (non-hydrogen) atoms. The van der Waals surface area contributed by atoms with Crippen LogP contribution in [0.4, 0.5) is 19.0 Å². The Kier molecular flexibility index (Phi) is 5.93. The zero-order valence-electron chi connectivity index (χ0n) is 18.2. The Morgan fingerprint density at radius 2 is 1.91 bits per heavy atom. The number of amides is 1. The number of carbonyl (C=O) groups is 1. The van der Waals surface area contributed by atoms with E-state index in [1.165, 1.54) is 18.3 Å². The Morgan fingerprint density at radius 3 is 2.71 bits per heavy atom. The number of rotatable bonds is 5. The van der Waals surface area contributed by atoms with Crippen LogP contribution in [0.15, 0.2) is 41.5 Å². The first kappa shape index (κ1) is 22.6. The number of fused-ring (bicyclic) bond motifs is 1. The van der Waals surface area contributed by atoms with E-state index in [2.05, 4.69) is 35.8 Å². The number of H-pyrrole nitrogens is 2. The zero-order valence-corrected chi connectivity index (χ0v) is 18.2. The summed E-state index contributed by atoms with van der Waals surface area (Å²) in [6.07, 6.45) is 5.20. The van der Waals surface area contributed by atoms with Crippen LogP contribution >= 0.6 is 0 Å². The molecule has 0 aliphatic heterocycles. The fraction of sp³-hybridized carbons (Fsp3) is 0.261. The normalized spacial score (nSPS) is 17.9. The number of nitrogens with one attached hydrogen (secondary N) is 4. The van der Waals surface area contributed by atoms with Crippen molar-refractivity contribution in [1.29, 1.82) is 0 Å². The van der Waals surface area contributed by atoms with Crippen LogP contribution in [0.3, 0.4) is 0 Å². The number of carbonyl (C=O) groups excluding carboxylic acids is 1. The minimum atomic E-state index is -0.751. The van der Waals surface area contributed by atoms with Crippen molar-refractivity contribution in [3.05, 3.63) is 70.2 Å². The molecule has 1 amide bonds. The summed E-state index contributed by atoms with van der Waals surface area (Å²) in [6.45, 7) is 0. The number of anilines is 1. The molecule has 0 radical (unpaired) electrons. The molecule has 5 rings (SSSR count). The summed E-state index contributed by atoms with van der Waals surface area (Å²) in [5.41, 5.74) is 0.130. The van der Waals surface area contributed by atoms with Crippen LogP contribution in [0.5, 0.6) is 0 Å². The number of aromatic nitrogens is 5. The highest BCUT2D eigenvalue weighted by Gasteiger charge is 2.25. The number of benzene rings is 1. The summed E-state index contributed by atoms with van der Waals surface area (Å²) in [5.74, 6) is -2.52. The van der Waals surface area contributed by atoms with Gasteiger partial charge in [-0.2, -0.15) is 5.10 Å². The zero-order chi connectivity index (χ0) is 24.5. The number of hydrogen-bond donors (Lipinski definition) is 4. The quantitative estimate of drug-likeness (QED) is 0.345. The average Bonchev–Trinajstić information content (AvgIpc) is 3.25. The van der Waals surface area contributed by atoms with Gasteiger partial charge in [-0.25, -0.2) is 28.2 Å². The van der Waals surface area contributed by atoms with Crippen molar-refractivity contribution >= 4 is 22.6 Å². The molecular weight excluding hydrogens is 463 g/mol. The van der Waals surface area contributed by atoms with E-state index in [0.717, 1.165) is 37.6 Å². The lowest BCUT2D eigenvalue weighted by Crippen LogP contribution is -2.42. The standard InChI is InChI=1S/C23H20F3N7O2/c24-11-6-14-15(9-27-20(14)16(25)7-11)21-28-10-17(26)22(31-21)29-12-2-1-3-13(8-12)30-23(35)18-4-5-19(34)33-32-18/h4-7,9-10,12-13,27H,1-3,8H2,(H,30,35)(H,33,34)(H,28,29,31)/t12-,13+/m0/s1. The smallest absolute Gasteiger partial charge is 0.271 e. The van der Waals surface area contributed by atoms with Crippen LogP contribution in [-0.2, 0) is 0 Å². The molecule has 1 aliphatic carbocycles. The van der Waals surface area contributed by atoms with Gasteiger partial charge >= 0.3 is 0 Å². The van der Waals surface area contributed by atoms with Crippen molar-refractivity contribution in [2.45, 2.75) is 37.8 Å². The molecule has 0 spiro atoms. The molecular formula is C23H20F3N7O2. The third-order valence-corrected chi connectivity index (χ3v) is 5.95. The summed E-state index contributed by atoms with van der Waals surface area (Å²) >= 11 is 0. The van der Waals surface area contributed by atoms with Crippen molar-refractivity contribution in [2.24, 2.45) is 0 Å². The molecule has 3 heterocycles. The van der Waals surface area contributed by atoms with E-state index in [1.807, 2.05) is 0 Å². The Balaban J connectivity index is 1.32. The molecule has 12 heteroatoms. The maximum absolute atomic E-state index is 14.5. The second kappa shape index (κ2) is 9.20. The highest BCUT2D eigenvalue weighted by Crippen LogP contribution is 2.30. The van der Waals surface area contributed by atoms with Gasteiger partial charge in [-0.3, -0.25) is 9.59 Å². The van der Waals surface area contributed by atoms with Gasteiger partial charge in [0.15, 0.2) is 17.5 Å². The summed E-state index contributed by atoms with van der Waals surface area (Å²) in [5, 5.41) is 12.2. The van der Waals surface area contributed by atoms with E-state index < -0.39 is 28.9 Å². The van der Waals surface area contributed by atoms with Crippen molar-refractivity contribution in [3.8, 4) is 11.4 Å². The van der Waals surface area contributed by atoms with Gasteiger partial charge in [0.25, 0.3) is 11.5 Å². The second-order valence-electron chi connectivity index (χ2n) is 8.39. The van der Waals surface area contributed by atoms with Gasteiger partial charge in [0, 0.05) is 41.4 Å². The molecule has 0 bridgehead atoms. The van der Waals surface area contributed by atoms with Crippen LogP contribution in [0, 0.1) is 17.5 Å². The van der Waals surface area contributed by atoms with E-state index >= 15 is 0 Å². The van der Waals surface area contributed by atoms with E-state index in [9.17, 15) is 22.8 Å². The molecule has 1 saturated carbocycles. The Bertz CT molecular complexity index is 1450. The third kappa shape index (κ3) is 4.72. The molecule has 180 valence electrons. The molecule has 0 unspecified atom stereocenters. The van der Waals surface area contributed by atoms with E-state index in [0.29, 0.717) is 12.0 Å². The maximum atomic E-state index is 14.5. The van der Waals surface area contributed by atoms with Crippen molar-refractivity contribution in [3.63, 3.8) is 0 Å². The van der Waals surface area contributed by atoms with E-state index in [4.69, 9.17) is 0 Å². The van der Waals surface area contributed by atoms with Crippen LogP contribution in [0.25, 0.3) is 22.3 Å². The predicted octanol–water partition coefficient (Wildman–Crippen LogP) is 3.28. The topological polar surface area (TPSA) is 128 Å². The lowest BCUT2D eigenvalue weighted by molar-refractivity contribution is 0.0920. The molecule has 4 N–H and O–H groups in total. The molecule has 3 aromatic heterocycles. The summed E-state index contributed by atoms with van der Waals surface area (Å²) < 4.78 is 42.4. The number of halogens is 3. The minimum Gasteiger partial charge on any atom is -0.365 e. The van der Waals surface area contributed by atoms with Gasteiger partial charge in [0.05, 0.1) is 11.7 Å². The first-order valence-corrected chi connectivity index (χ1v) is 11.0. The lowest BCUT2D eigenvalue weighted by atomic mass is 9.91. The molecule has 4 aromatic rings. The monoisotopic (exact) mass is 483 g/mol. The molecule has 1 aromatic carbocycles. The number of aromatic amines is 2. The highest BCUT2D eigenvalue weighted by atomic mass is 19.1. The van der Waals surface area contributed by atoms with Gasteiger partial charge in [-0.1, -0.05) is 0 Å². The maximum Gasteiger partial charge on any atom is 0.271 e. The van der Waals surface area contributed by atoms with E-state index in [-0.39, 0.29) is 40.3 Å². The molecule has 9 nitrogen and oxygen atoms in total. The van der Waals surface area contributed by atoms with Gasteiger partial charge < -0.3 is 15.6 Å². The second-order valence-corrected chi connectivity index (χ2v) is 8.39. The van der Waals surface area contributed by atoms with Gasteiger partial charge in [-0.15, -0.1) is 0 Å². The summed E-state index contributed by atoms with van der Waals surface area (Å²) in [6, 6.07) is 4.12. The number of hydrogen-bond acceptors (Lipinski definition) is 6. The van der Waals surface area contributed by atoms with Crippen molar-refractivity contribution < 1.29 is 18.0 Å². The fourth-order valence-electron chi connectivity index (χ4n) is 4.31. The molecule has 2 atom stereocenters. The Hall–Kier alpha value is -4.22. The van der Waals surface area contributed by atoms with Gasteiger partial charge in [0.1, 0.15) is 17.3 Å². The molecule has 1 aliphatic rings. The van der Waals surface area contributed by atoms with Crippen LogP contribution in [-0.4, -0.2) is 43.1 Å². The third-order valence-electron chi connectivity index (χ3n) is 5.95. The minimum absolute atomic E-state index is 0.0412. The van der Waals surface area contributed by atoms with Gasteiger partial charge in [0.2, 0.25) is 0 Å². The summed E-state index contributed by atoms with van der Waals surface area (Å²) in [7, 11) is 0. The van der Waals surface area contributed by atoms with Crippen LogP contribution in [0.1, 0.15) is 36.2 Å². The van der Waals surface area contributed by atoms with Crippen molar-refractivity contribution in [1.82, 2.24) is 30.5 Å².